The van der Waals surface area contributed by atoms with Crippen molar-refractivity contribution in [3.63, 3.8) is 0 Å². The highest BCUT2D eigenvalue weighted by molar-refractivity contribution is 5.99. The molecular weight excluding hydrogens is 320 g/mol. The van der Waals surface area contributed by atoms with Gasteiger partial charge in [0.1, 0.15) is 0 Å². The van der Waals surface area contributed by atoms with E-state index < -0.39 is 29.6 Å². The van der Waals surface area contributed by atoms with Crippen LogP contribution >= 0.6 is 12.4 Å². The van der Waals surface area contributed by atoms with Crippen LogP contribution < -0.4 is 16.4 Å². The number of nitrogens with one attached hydrogen (secondary N) is 2. The zero-order chi connectivity index (χ0) is 16.0. The summed E-state index contributed by atoms with van der Waals surface area (Å²) in [5.41, 5.74) is 5.32. The van der Waals surface area contributed by atoms with Crippen molar-refractivity contribution in [2.45, 2.75) is 19.4 Å². The highest BCUT2D eigenvalue weighted by Gasteiger charge is 2.16. The third kappa shape index (κ3) is 5.92. The van der Waals surface area contributed by atoms with E-state index in [1.807, 2.05) is 0 Å². The molecule has 0 aliphatic heterocycles. The average Bonchev–Trinajstić information content (AvgIpc) is 2.41. The first-order valence-corrected chi connectivity index (χ1v) is 6.16. The molecule has 0 spiro atoms. The molecule has 0 bridgehead atoms. The fraction of sp³-hybridized carbons (Fsp3) is 0.385. The van der Waals surface area contributed by atoms with Gasteiger partial charge >= 0.3 is 0 Å². The standard InChI is InChI=1S/C13H17F2N3O3.ClH/c1-7(19)17-11-4-9(14)10(15)5-12(11)18-13(20)3-8(6-16)21-2;/h4-5,8H,3,6,16H2,1-2H3,(H,17,19)(H,18,20);1H. The maximum absolute atomic E-state index is 13.3. The van der Waals surface area contributed by atoms with Gasteiger partial charge in [0.2, 0.25) is 11.8 Å². The second kappa shape index (κ2) is 9.29. The molecule has 4 N–H and O–H groups in total. The number of carbonyl (C=O) groups excluding carboxylic acids is 2. The Hall–Kier alpha value is -1.77. The Morgan fingerprint density at radius 3 is 2.14 bits per heavy atom. The Morgan fingerprint density at radius 1 is 1.23 bits per heavy atom. The molecule has 1 aromatic carbocycles. The van der Waals surface area contributed by atoms with E-state index in [2.05, 4.69) is 10.6 Å². The predicted molar refractivity (Wildman–Crippen MR) is 81.0 cm³/mol. The molecule has 0 aliphatic rings. The van der Waals surface area contributed by atoms with Gasteiger partial charge in [-0.1, -0.05) is 0 Å². The summed E-state index contributed by atoms with van der Waals surface area (Å²) in [6, 6.07) is 1.59. The van der Waals surface area contributed by atoms with Crippen molar-refractivity contribution < 1.29 is 23.1 Å². The minimum Gasteiger partial charge on any atom is -0.380 e. The molecule has 0 heterocycles. The van der Waals surface area contributed by atoms with Gasteiger partial charge in [-0.15, -0.1) is 12.4 Å². The summed E-state index contributed by atoms with van der Waals surface area (Å²) in [5.74, 6) is -3.24. The third-order valence-electron chi connectivity index (χ3n) is 2.65. The average molecular weight is 338 g/mol. The van der Waals surface area contributed by atoms with E-state index in [9.17, 15) is 18.4 Å². The van der Waals surface area contributed by atoms with Gasteiger partial charge in [0, 0.05) is 32.7 Å². The summed E-state index contributed by atoms with van der Waals surface area (Å²) in [4.78, 5) is 22.8. The molecule has 0 fully saturated rings. The summed E-state index contributed by atoms with van der Waals surface area (Å²) >= 11 is 0. The first kappa shape index (κ1) is 20.2. The number of benzene rings is 1. The van der Waals surface area contributed by atoms with Crippen molar-refractivity contribution in [3.8, 4) is 0 Å². The van der Waals surface area contributed by atoms with Gasteiger partial charge in [-0.3, -0.25) is 9.59 Å². The van der Waals surface area contributed by atoms with E-state index in [0.29, 0.717) is 0 Å². The highest BCUT2D eigenvalue weighted by Crippen LogP contribution is 2.25. The van der Waals surface area contributed by atoms with Crippen molar-refractivity contribution in [1.82, 2.24) is 0 Å². The van der Waals surface area contributed by atoms with Gasteiger partial charge in [-0.2, -0.15) is 0 Å². The number of anilines is 2. The summed E-state index contributed by atoms with van der Waals surface area (Å²) in [6.07, 6.45) is -0.537. The summed E-state index contributed by atoms with van der Waals surface area (Å²) in [5, 5.41) is 4.70. The minimum absolute atomic E-state index is 0. The van der Waals surface area contributed by atoms with Crippen LogP contribution in [0.3, 0.4) is 0 Å². The zero-order valence-electron chi connectivity index (χ0n) is 12.1. The van der Waals surface area contributed by atoms with Gasteiger partial charge in [-0.25, -0.2) is 8.78 Å². The molecule has 1 rings (SSSR count). The lowest BCUT2D eigenvalue weighted by molar-refractivity contribution is -0.118. The SMILES string of the molecule is COC(CN)CC(=O)Nc1cc(F)c(F)cc1NC(C)=O.Cl. The van der Waals surface area contributed by atoms with Crippen LogP contribution in [0.2, 0.25) is 0 Å². The van der Waals surface area contributed by atoms with Crippen LogP contribution in [0.15, 0.2) is 12.1 Å². The zero-order valence-corrected chi connectivity index (χ0v) is 12.9. The number of carbonyl (C=O) groups is 2. The maximum atomic E-state index is 13.3. The van der Waals surface area contributed by atoms with Crippen LogP contribution in [0.1, 0.15) is 13.3 Å². The minimum atomic E-state index is -1.14. The molecule has 1 aromatic rings. The Morgan fingerprint density at radius 2 is 1.73 bits per heavy atom. The van der Waals surface area contributed by atoms with E-state index in [4.69, 9.17) is 10.5 Å². The van der Waals surface area contributed by atoms with E-state index in [1.165, 1.54) is 14.0 Å². The molecule has 1 unspecified atom stereocenters. The van der Waals surface area contributed by atoms with E-state index in [1.54, 1.807) is 0 Å². The van der Waals surface area contributed by atoms with Gasteiger partial charge in [-0.05, 0) is 0 Å². The number of hydrogen-bond donors (Lipinski definition) is 3. The number of rotatable bonds is 6. The lowest BCUT2D eigenvalue weighted by Crippen LogP contribution is -2.28. The Labute approximate surface area is 132 Å². The monoisotopic (exact) mass is 337 g/mol. The van der Waals surface area contributed by atoms with E-state index in [0.717, 1.165) is 12.1 Å². The first-order valence-electron chi connectivity index (χ1n) is 6.16. The molecule has 1 atom stereocenters. The molecule has 0 saturated heterocycles. The lowest BCUT2D eigenvalue weighted by atomic mass is 10.2. The van der Waals surface area contributed by atoms with E-state index >= 15 is 0 Å². The first-order chi connectivity index (χ1) is 9.87. The van der Waals surface area contributed by atoms with Crippen molar-refractivity contribution in [3.05, 3.63) is 23.8 Å². The molecule has 9 heteroatoms. The van der Waals surface area contributed by atoms with Crippen molar-refractivity contribution >= 4 is 35.6 Å². The fourth-order valence-corrected chi connectivity index (χ4v) is 1.61. The second-order valence-electron chi connectivity index (χ2n) is 4.34. The molecule has 124 valence electrons. The Balaban J connectivity index is 0.00000441. The molecule has 0 radical (unpaired) electrons. The number of hydrogen-bond acceptors (Lipinski definition) is 4. The molecule has 2 amide bonds. The number of nitrogens with two attached hydrogens (primary N) is 1. The Bertz CT molecular complexity index is 540. The third-order valence-corrected chi connectivity index (χ3v) is 2.65. The van der Waals surface area contributed by atoms with Crippen molar-refractivity contribution in [2.24, 2.45) is 5.73 Å². The van der Waals surface area contributed by atoms with Crippen molar-refractivity contribution in [2.75, 3.05) is 24.3 Å². The van der Waals surface area contributed by atoms with Crippen LogP contribution in [-0.2, 0) is 14.3 Å². The van der Waals surface area contributed by atoms with Gasteiger partial charge in [0.15, 0.2) is 11.6 Å². The highest BCUT2D eigenvalue weighted by atomic mass is 35.5. The van der Waals surface area contributed by atoms with Gasteiger partial charge < -0.3 is 21.1 Å². The molecule has 22 heavy (non-hydrogen) atoms. The second-order valence-corrected chi connectivity index (χ2v) is 4.34. The number of halogens is 3. The fourth-order valence-electron chi connectivity index (χ4n) is 1.61. The summed E-state index contributed by atoms with van der Waals surface area (Å²) in [7, 11) is 1.41. The van der Waals surface area contributed by atoms with Crippen LogP contribution in [0.25, 0.3) is 0 Å². The van der Waals surface area contributed by atoms with Crippen LogP contribution in [0.4, 0.5) is 20.2 Å². The van der Waals surface area contributed by atoms with Crippen LogP contribution in [0.5, 0.6) is 0 Å². The molecule has 0 aliphatic carbocycles. The smallest absolute Gasteiger partial charge is 0.227 e. The van der Waals surface area contributed by atoms with Gasteiger partial charge in [0.05, 0.1) is 23.9 Å². The van der Waals surface area contributed by atoms with Crippen LogP contribution in [0, 0.1) is 11.6 Å². The lowest BCUT2D eigenvalue weighted by Gasteiger charge is -2.15. The predicted octanol–water partition coefficient (Wildman–Crippen LogP) is 1.65. The largest absolute Gasteiger partial charge is 0.380 e. The quantitative estimate of drug-likeness (QED) is 0.735. The summed E-state index contributed by atoms with van der Waals surface area (Å²) < 4.78 is 31.4. The molecule has 0 aromatic heterocycles. The number of methoxy groups -OCH3 is 1. The van der Waals surface area contributed by atoms with Crippen molar-refractivity contribution in [1.29, 1.82) is 0 Å². The maximum Gasteiger partial charge on any atom is 0.227 e. The Kier molecular flexibility index (Phi) is 8.54. The number of ether oxygens (including phenoxy) is 1. The van der Waals surface area contributed by atoms with Crippen LogP contribution in [-0.4, -0.2) is 31.6 Å². The van der Waals surface area contributed by atoms with Gasteiger partial charge in [0.25, 0.3) is 0 Å². The molecular formula is C13H18ClF2N3O3. The molecule has 0 saturated carbocycles. The summed E-state index contributed by atoms with van der Waals surface area (Å²) in [6.45, 7) is 1.35. The topological polar surface area (TPSA) is 93.4 Å². The normalized spacial score (nSPS) is 11.3. The number of amides is 2. The molecule has 6 nitrogen and oxygen atoms in total. The van der Waals surface area contributed by atoms with E-state index in [-0.39, 0.29) is 36.7 Å².